The topological polar surface area (TPSA) is 29.5 Å². The lowest BCUT2D eigenvalue weighted by molar-refractivity contribution is -0.131. The van der Waals surface area contributed by atoms with Gasteiger partial charge in [0.05, 0.1) is 6.61 Å². The molecule has 18 heavy (non-hydrogen) atoms. The Balaban J connectivity index is 2.27. The molecule has 1 aromatic carbocycles. The van der Waals surface area contributed by atoms with Crippen LogP contribution in [-0.4, -0.2) is 30.5 Å². The van der Waals surface area contributed by atoms with Crippen molar-refractivity contribution in [3.63, 3.8) is 0 Å². The lowest BCUT2D eigenvalue weighted by Gasteiger charge is -2.18. The molecule has 0 saturated heterocycles. The van der Waals surface area contributed by atoms with Gasteiger partial charge in [-0.15, -0.1) is 0 Å². The summed E-state index contributed by atoms with van der Waals surface area (Å²) in [5.74, 6) is -0.00232. The fraction of sp³-hybridized carbons (Fsp3) is 0.500. The molecule has 0 bridgehead atoms. The highest BCUT2D eigenvalue weighted by Crippen LogP contribution is 2.15. The van der Waals surface area contributed by atoms with Crippen LogP contribution in [0.5, 0.6) is 5.75 Å². The molecule has 3 nitrogen and oxygen atoms in total. The summed E-state index contributed by atoms with van der Waals surface area (Å²) in [6.07, 6.45) is 1.04. The minimum absolute atomic E-state index is 0.122. The number of amides is 1. The summed E-state index contributed by atoms with van der Waals surface area (Å²) in [6.45, 7) is 5.72. The molecule has 0 aliphatic carbocycles. The van der Waals surface area contributed by atoms with E-state index in [2.05, 4.69) is 0 Å². The van der Waals surface area contributed by atoms with E-state index in [0.29, 0.717) is 19.4 Å². The zero-order chi connectivity index (χ0) is 13.4. The first kappa shape index (κ1) is 14.5. The van der Waals surface area contributed by atoms with Crippen LogP contribution in [0.4, 0.5) is 4.39 Å². The molecule has 0 aromatic heterocycles. The van der Waals surface area contributed by atoms with Crippen LogP contribution >= 0.6 is 0 Å². The fourth-order valence-corrected chi connectivity index (χ4v) is 1.70. The predicted molar refractivity (Wildman–Crippen MR) is 69.1 cm³/mol. The number of benzene rings is 1. The summed E-state index contributed by atoms with van der Waals surface area (Å²) in [5, 5.41) is 0. The maximum absolute atomic E-state index is 13.2. The second kappa shape index (κ2) is 7.69. The average Bonchev–Trinajstić information content (AvgIpc) is 2.38. The first-order valence-corrected chi connectivity index (χ1v) is 6.34. The van der Waals surface area contributed by atoms with E-state index in [-0.39, 0.29) is 17.5 Å². The molecule has 0 heterocycles. The van der Waals surface area contributed by atoms with Gasteiger partial charge in [-0.25, -0.2) is 4.39 Å². The summed E-state index contributed by atoms with van der Waals surface area (Å²) in [4.78, 5) is 13.5. The zero-order valence-corrected chi connectivity index (χ0v) is 11.0. The molecule has 1 aromatic rings. The molecule has 0 atom stereocenters. The molecule has 0 N–H and O–H groups in total. The van der Waals surface area contributed by atoms with Crippen molar-refractivity contribution in [2.45, 2.75) is 26.7 Å². The molecule has 0 aliphatic heterocycles. The molecular formula is C14H20FNO2. The van der Waals surface area contributed by atoms with Gasteiger partial charge in [-0.1, -0.05) is 12.1 Å². The van der Waals surface area contributed by atoms with E-state index in [1.165, 1.54) is 6.07 Å². The maximum Gasteiger partial charge on any atom is 0.222 e. The van der Waals surface area contributed by atoms with Crippen molar-refractivity contribution < 1.29 is 13.9 Å². The van der Waals surface area contributed by atoms with Crippen LogP contribution in [0.3, 0.4) is 0 Å². The Kier molecular flexibility index (Phi) is 6.19. The number of hydrogen-bond donors (Lipinski definition) is 0. The number of nitrogens with zero attached hydrogens (tertiary/aromatic N) is 1. The summed E-state index contributed by atoms with van der Waals surface area (Å²) in [6, 6.07) is 6.28. The monoisotopic (exact) mass is 253 g/mol. The third kappa shape index (κ3) is 4.35. The molecule has 0 unspecified atom stereocenters. The molecule has 100 valence electrons. The van der Waals surface area contributed by atoms with E-state index in [0.717, 1.165) is 13.1 Å². The average molecular weight is 253 g/mol. The second-order valence-electron chi connectivity index (χ2n) is 3.95. The van der Waals surface area contributed by atoms with Gasteiger partial charge in [0.25, 0.3) is 0 Å². The first-order valence-electron chi connectivity index (χ1n) is 6.34. The lowest BCUT2D eigenvalue weighted by Crippen LogP contribution is -2.30. The van der Waals surface area contributed by atoms with Gasteiger partial charge >= 0.3 is 0 Å². The molecule has 0 aliphatic rings. The SMILES string of the molecule is CCN(CC)C(=O)CCCOc1ccccc1F. The summed E-state index contributed by atoms with van der Waals surface area (Å²) in [7, 11) is 0. The van der Waals surface area contributed by atoms with Crippen LogP contribution in [0.1, 0.15) is 26.7 Å². The van der Waals surface area contributed by atoms with Gasteiger partial charge in [-0.2, -0.15) is 0 Å². The lowest BCUT2D eigenvalue weighted by atomic mass is 10.3. The highest BCUT2D eigenvalue weighted by molar-refractivity contribution is 5.76. The van der Waals surface area contributed by atoms with Crippen molar-refractivity contribution in [3.8, 4) is 5.75 Å². The van der Waals surface area contributed by atoms with Gasteiger partial charge in [-0.05, 0) is 32.4 Å². The molecule has 4 heteroatoms. The number of halogens is 1. The largest absolute Gasteiger partial charge is 0.491 e. The van der Waals surface area contributed by atoms with E-state index in [9.17, 15) is 9.18 Å². The van der Waals surface area contributed by atoms with E-state index in [1.54, 1.807) is 23.1 Å². The Morgan fingerprint density at radius 1 is 1.28 bits per heavy atom. The second-order valence-corrected chi connectivity index (χ2v) is 3.95. The minimum Gasteiger partial charge on any atom is -0.491 e. The Hall–Kier alpha value is -1.58. The Bertz CT molecular complexity index is 378. The van der Waals surface area contributed by atoms with E-state index < -0.39 is 0 Å². The number of ether oxygens (including phenoxy) is 1. The molecule has 1 amide bonds. The summed E-state index contributed by atoms with van der Waals surface area (Å²) >= 11 is 0. The van der Waals surface area contributed by atoms with Crippen molar-refractivity contribution >= 4 is 5.91 Å². The molecule has 0 saturated carbocycles. The van der Waals surface area contributed by atoms with E-state index in [1.807, 2.05) is 13.8 Å². The quantitative estimate of drug-likeness (QED) is 0.699. The van der Waals surface area contributed by atoms with Crippen molar-refractivity contribution in [2.75, 3.05) is 19.7 Å². The normalized spacial score (nSPS) is 10.2. The van der Waals surface area contributed by atoms with Crippen molar-refractivity contribution in [1.29, 1.82) is 0 Å². The molecule has 0 spiro atoms. The van der Waals surface area contributed by atoms with Crippen molar-refractivity contribution in [2.24, 2.45) is 0 Å². The summed E-state index contributed by atoms with van der Waals surface area (Å²) < 4.78 is 18.5. The maximum atomic E-state index is 13.2. The van der Waals surface area contributed by atoms with Gasteiger partial charge in [0.15, 0.2) is 11.6 Å². The van der Waals surface area contributed by atoms with Gasteiger partial charge in [0.2, 0.25) is 5.91 Å². The number of hydrogen-bond acceptors (Lipinski definition) is 2. The van der Waals surface area contributed by atoms with Crippen LogP contribution in [0.25, 0.3) is 0 Å². The number of rotatable bonds is 7. The van der Waals surface area contributed by atoms with Gasteiger partial charge in [0, 0.05) is 19.5 Å². The smallest absolute Gasteiger partial charge is 0.222 e. The highest BCUT2D eigenvalue weighted by Gasteiger charge is 2.09. The van der Waals surface area contributed by atoms with Crippen LogP contribution < -0.4 is 4.74 Å². The van der Waals surface area contributed by atoms with E-state index >= 15 is 0 Å². The number of carbonyl (C=O) groups excluding carboxylic acids is 1. The summed E-state index contributed by atoms with van der Waals surface area (Å²) in [5.41, 5.74) is 0. The zero-order valence-electron chi connectivity index (χ0n) is 11.0. The van der Waals surface area contributed by atoms with E-state index in [4.69, 9.17) is 4.74 Å². The minimum atomic E-state index is -0.368. The standard InChI is InChI=1S/C14H20FNO2/c1-3-16(4-2)14(17)10-7-11-18-13-9-6-5-8-12(13)15/h5-6,8-9H,3-4,7,10-11H2,1-2H3. The van der Waals surface area contributed by atoms with Gasteiger partial charge in [-0.3, -0.25) is 4.79 Å². The predicted octanol–water partition coefficient (Wildman–Crippen LogP) is 2.85. The number of carbonyl (C=O) groups is 1. The van der Waals surface area contributed by atoms with Crippen LogP contribution in [-0.2, 0) is 4.79 Å². The molecule has 0 fully saturated rings. The van der Waals surface area contributed by atoms with Crippen molar-refractivity contribution in [1.82, 2.24) is 4.90 Å². The Labute approximate surface area is 108 Å². The molecular weight excluding hydrogens is 233 g/mol. The first-order chi connectivity index (χ1) is 8.69. The number of para-hydroxylation sites is 1. The van der Waals surface area contributed by atoms with Gasteiger partial charge < -0.3 is 9.64 Å². The third-order valence-corrected chi connectivity index (χ3v) is 2.75. The van der Waals surface area contributed by atoms with Crippen LogP contribution in [0, 0.1) is 5.82 Å². The van der Waals surface area contributed by atoms with Crippen LogP contribution in [0.15, 0.2) is 24.3 Å². The third-order valence-electron chi connectivity index (χ3n) is 2.75. The van der Waals surface area contributed by atoms with Gasteiger partial charge in [0.1, 0.15) is 0 Å². The van der Waals surface area contributed by atoms with Crippen LogP contribution in [0.2, 0.25) is 0 Å². The van der Waals surface area contributed by atoms with Crippen molar-refractivity contribution in [3.05, 3.63) is 30.1 Å². The Morgan fingerprint density at radius 2 is 1.94 bits per heavy atom. The molecule has 1 rings (SSSR count). The molecule has 0 radical (unpaired) electrons. The Morgan fingerprint density at radius 3 is 2.56 bits per heavy atom. The fourth-order valence-electron chi connectivity index (χ4n) is 1.70. The highest BCUT2D eigenvalue weighted by atomic mass is 19.1.